The largest absolute Gasteiger partial charge is 0.412 e. The third-order valence-electron chi connectivity index (χ3n) is 3.97. The predicted molar refractivity (Wildman–Crippen MR) is 117 cm³/mol. The molecule has 29 heavy (non-hydrogen) atoms. The van der Waals surface area contributed by atoms with E-state index in [1.54, 1.807) is 12.2 Å². The van der Waals surface area contributed by atoms with Crippen molar-refractivity contribution < 1.29 is 20.5 Å². The molecule has 0 aromatic heterocycles. The van der Waals surface area contributed by atoms with Crippen LogP contribution >= 0.6 is 0 Å². The third kappa shape index (κ3) is 9.51. The van der Waals surface area contributed by atoms with Gasteiger partial charge < -0.3 is 21.6 Å². The molecular weight excluding hydrogens is 368 g/mol. The number of benzene rings is 2. The summed E-state index contributed by atoms with van der Waals surface area (Å²) in [4.78, 5) is 24.2. The van der Waals surface area contributed by atoms with Crippen LogP contribution in [0, 0.1) is 0 Å². The molecule has 6 heteroatoms. The molecule has 2 aromatic rings. The van der Waals surface area contributed by atoms with Gasteiger partial charge in [0.25, 0.3) is 0 Å². The molecule has 0 atom stereocenters. The maximum atomic E-state index is 12.1. The second-order valence-corrected chi connectivity index (χ2v) is 6.32. The van der Waals surface area contributed by atoms with Gasteiger partial charge in [-0.1, -0.05) is 60.7 Å². The maximum absolute atomic E-state index is 12.1. The smallest absolute Gasteiger partial charge is 0.187 e. The minimum atomic E-state index is -0.00285. The zero-order valence-electron chi connectivity index (χ0n) is 16.9. The van der Waals surface area contributed by atoms with Crippen molar-refractivity contribution >= 4 is 11.6 Å². The third-order valence-corrected chi connectivity index (χ3v) is 3.97. The second kappa shape index (κ2) is 13.9. The Morgan fingerprint density at radius 2 is 1.03 bits per heavy atom. The average molecular weight is 399 g/mol. The van der Waals surface area contributed by atoms with Crippen LogP contribution in [0.1, 0.15) is 41.0 Å². The van der Waals surface area contributed by atoms with E-state index in [0.717, 1.165) is 30.9 Å². The molecule has 2 rings (SSSR count). The number of nitrogens with one attached hydrogen (secondary N) is 2. The van der Waals surface area contributed by atoms with E-state index < -0.39 is 0 Å². The number of hydrogen-bond donors (Lipinski definition) is 2. The Balaban J connectivity index is 0.00000392. The van der Waals surface area contributed by atoms with Crippen molar-refractivity contribution in [1.29, 1.82) is 0 Å². The van der Waals surface area contributed by atoms with E-state index in [-0.39, 0.29) is 22.5 Å². The lowest BCUT2D eigenvalue weighted by molar-refractivity contribution is 0.103. The molecule has 2 aromatic carbocycles. The standard InChI is InChI=1S/C23H26N2O2.2H2O/c1-18(16-22(26)20-10-5-3-6-11-20)24-14-9-15-25-19(2)17-23(27)21-12-7-4-8-13-21;;/h3-8,10-13,16-17,24-25H,9,14-15H2,1-2H3;2*1H2/b18-16-,19-17-;;. The van der Waals surface area contributed by atoms with E-state index in [1.165, 1.54) is 0 Å². The van der Waals surface area contributed by atoms with Crippen LogP contribution in [0.4, 0.5) is 0 Å². The zero-order chi connectivity index (χ0) is 19.5. The first-order chi connectivity index (χ1) is 13.1. The molecule has 0 saturated heterocycles. The van der Waals surface area contributed by atoms with Crippen LogP contribution in [0.15, 0.2) is 84.2 Å². The van der Waals surface area contributed by atoms with Gasteiger partial charge in [0.1, 0.15) is 0 Å². The first-order valence-electron chi connectivity index (χ1n) is 9.09. The molecule has 0 spiro atoms. The lowest BCUT2D eigenvalue weighted by Gasteiger charge is -2.09. The fourth-order valence-corrected chi connectivity index (χ4v) is 2.53. The molecule has 0 saturated carbocycles. The van der Waals surface area contributed by atoms with Crippen molar-refractivity contribution in [3.63, 3.8) is 0 Å². The highest BCUT2D eigenvalue weighted by atomic mass is 16.1. The summed E-state index contributed by atoms with van der Waals surface area (Å²) in [5.74, 6) is -0.00569. The molecule has 0 aliphatic carbocycles. The Morgan fingerprint density at radius 1 is 0.690 bits per heavy atom. The summed E-state index contributed by atoms with van der Waals surface area (Å²) in [5.41, 5.74) is 3.05. The van der Waals surface area contributed by atoms with Crippen molar-refractivity contribution in [1.82, 2.24) is 10.6 Å². The van der Waals surface area contributed by atoms with Crippen LogP contribution in [-0.2, 0) is 0 Å². The Kier molecular flexibility index (Phi) is 12.3. The van der Waals surface area contributed by atoms with Crippen molar-refractivity contribution in [2.24, 2.45) is 0 Å². The minimum absolute atomic E-state index is 0. The van der Waals surface area contributed by atoms with E-state index in [2.05, 4.69) is 10.6 Å². The van der Waals surface area contributed by atoms with E-state index >= 15 is 0 Å². The van der Waals surface area contributed by atoms with Crippen molar-refractivity contribution in [2.75, 3.05) is 13.1 Å². The fraction of sp³-hybridized carbons (Fsp3) is 0.217. The number of ketones is 2. The molecule has 0 radical (unpaired) electrons. The van der Waals surface area contributed by atoms with Gasteiger partial charge in [-0.25, -0.2) is 0 Å². The number of rotatable bonds is 10. The van der Waals surface area contributed by atoms with Gasteiger partial charge in [-0.2, -0.15) is 0 Å². The predicted octanol–water partition coefficient (Wildman–Crippen LogP) is 2.48. The van der Waals surface area contributed by atoms with Gasteiger partial charge in [-0.15, -0.1) is 0 Å². The number of carbonyl (C=O) groups is 2. The molecule has 0 bridgehead atoms. The summed E-state index contributed by atoms with van der Waals surface area (Å²) in [5, 5.41) is 6.48. The van der Waals surface area contributed by atoms with Crippen LogP contribution in [0.5, 0.6) is 0 Å². The summed E-state index contributed by atoms with van der Waals surface area (Å²) in [6.07, 6.45) is 4.11. The topological polar surface area (TPSA) is 121 Å². The Morgan fingerprint density at radius 3 is 1.38 bits per heavy atom. The van der Waals surface area contributed by atoms with E-state index in [4.69, 9.17) is 0 Å². The summed E-state index contributed by atoms with van der Waals surface area (Å²) in [7, 11) is 0. The summed E-state index contributed by atoms with van der Waals surface area (Å²) < 4.78 is 0. The monoisotopic (exact) mass is 398 g/mol. The lowest BCUT2D eigenvalue weighted by Crippen LogP contribution is -2.20. The number of allylic oxidation sites excluding steroid dienone is 4. The molecule has 6 nitrogen and oxygen atoms in total. The van der Waals surface area contributed by atoms with Gasteiger partial charge in [-0.05, 0) is 20.3 Å². The number of hydrogen-bond acceptors (Lipinski definition) is 4. The van der Waals surface area contributed by atoms with Gasteiger partial charge in [0.2, 0.25) is 0 Å². The fourth-order valence-electron chi connectivity index (χ4n) is 2.53. The first kappa shape index (κ1) is 25.8. The molecule has 0 unspecified atom stereocenters. The van der Waals surface area contributed by atoms with E-state index in [9.17, 15) is 9.59 Å². The van der Waals surface area contributed by atoms with Crippen LogP contribution in [0.3, 0.4) is 0 Å². The first-order valence-corrected chi connectivity index (χ1v) is 9.09. The molecule has 0 amide bonds. The van der Waals surface area contributed by atoms with Gasteiger partial charge in [0, 0.05) is 47.8 Å². The van der Waals surface area contributed by atoms with E-state index in [0.29, 0.717) is 11.1 Å². The van der Waals surface area contributed by atoms with Gasteiger partial charge in [0.05, 0.1) is 0 Å². The Hall–Kier alpha value is -3.22. The van der Waals surface area contributed by atoms with Crippen molar-refractivity contribution in [2.45, 2.75) is 20.3 Å². The molecule has 6 N–H and O–H groups in total. The SMILES string of the molecule is C/C(=C/C(=O)c1ccccc1)NCCCN/C(C)=C\C(=O)c1ccccc1.O.O. The second-order valence-electron chi connectivity index (χ2n) is 6.32. The zero-order valence-corrected chi connectivity index (χ0v) is 16.9. The highest BCUT2D eigenvalue weighted by molar-refractivity contribution is 6.05. The van der Waals surface area contributed by atoms with Gasteiger partial charge >= 0.3 is 0 Å². The lowest BCUT2D eigenvalue weighted by atomic mass is 10.1. The normalized spacial score (nSPS) is 11.0. The summed E-state index contributed by atoms with van der Waals surface area (Å²) >= 11 is 0. The summed E-state index contributed by atoms with van der Waals surface area (Å²) in [6, 6.07) is 18.4. The maximum Gasteiger partial charge on any atom is 0.187 e. The van der Waals surface area contributed by atoms with Gasteiger partial charge in [-0.3, -0.25) is 9.59 Å². The molecule has 156 valence electrons. The Labute approximate surface area is 172 Å². The molecular formula is C23H30N2O4. The minimum Gasteiger partial charge on any atom is -0.412 e. The van der Waals surface area contributed by atoms with Crippen LogP contribution in [0.25, 0.3) is 0 Å². The van der Waals surface area contributed by atoms with Crippen molar-refractivity contribution in [3.8, 4) is 0 Å². The van der Waals surface area contributed by atoms with Crippen LogP contribution in [-0.4, -0.2) is 35.6 Å². The highest BCUT2D eigenvalue weighted by Gasteiger charge is 2.03. The van der Waals surface area contributed by atoms with Crippen molar-refractivity contribution in [3.05, 3.63) is 95.3 Å². The molecule has 0 fully saturated rings. The van der Waals surface area contributed by atoms with Crippen LogP contribution < -0.4 is 10.6 Å². The number of carbonyl (C=O) groups excluding carboxylic acids is 2. The summed E-state index contributed by atoms with van der Waals surface area (Å²) in [6.45, 7) is 5.27. The Bertz CT molecular complexity index is 746. The molecule has 0 aliphatic heterocycles. The highest BCUT2D eigenvalue weighted by Crippen LogP contribution is 2.03. The van der Waals surface area contributed by atoms with E-state index in [1.807, 2.05) is 74.5 Å². The molecule has 0 aliphatic rings. The van der Waals surface area contributed by atoms with Gasteiger partial charge in [0.15, 0.2) is 11.6 Å². The van der Waals surface area contributed by atoms with Crippen LogP contribution in [0.2, 0.25) is 0 Å². The average Bonchev–Trinajstić information content (AvgIpc) is 2.69. The molecule has 0 heterocycles. The quantitative estimate of drug-likeness (QED) is 0.363.